The molecule has 0 aliphatic carbocycles. The van der Waals surface area contributed by atoms with E-state index in [4.69, 9.17) is 4.74 Å². The molecule has 0 aromatic heterocycles. The third-order valence-electron chi connectivity index (χ3n) is 5.50. The van der Waals surface area contributed by atoms with Crippen LogP contribution in [0.4, 0.5) is 4.79 Å². The summed E-state index contributed by atoms with van der Waals surface area (Å²) in [7, 11) is 0. The predicted octanol–water partition coefficient (Wildman–Crippen LogP) is 2.60. The largest absolute Gasteiger partial charge is 0.444 e. The van der Waals surface area contributed by atoms with Gasteiger partial charge in [0.25, 0.3) is 0 Å². The molecule has 3 aliphatic heterocycles. The predicted molar refractivity (Wildman–Crippen MR) is 91.6 cm³/mol. The van der Waals surface area contributed by atoms with Gasteiger partial charge in [0.05, 0.1) is 0 Å². The van der Waals surface area contributed by atoms with Crippen molar-refractivity contribution in [1.82, 2.24) is 15.1 Å². The van der Waals surface area contributed by atoms with Gasteiger partial charge in [-0.05, 0) is 72.4 Å². The third kappa shape index (κ3) is 4.18. The minimum atomic E-state index is -0.405. The first-order valence-electron chi connectivity index (χ1n) is 9.41. The molecule has 3 saturated heterocycles. The van der Waals surface area contributed by atoms with Crippen molar-refractivity contribution in [3.8, 4) is 0 Å². The Hall–Kier alpha value is -0.810. The van der Waals surface area contributed by atoms with Gasteiger partial charge in [0.2, 0.25) is 0 Å². The number of fused-ring (bicyclic) bond motifs is 1. The normalized spacial score (nSPS) is 31.6. The molecule has 5 heteroatoms. The summed E-state index contributed by atoms with van der Waals surface area (Å²) in [6.07, 6.45) is 7.12. The van der Waals surface area contributed by atoms with Gasteiger partial charge in [-0.15, -0.1) is 0 Å². The summed E-state index contributed by atoms with van der Waals surface area (Å²) >= 11 is 0. The topological polar surface area (TPSA) is 44.8 Å². The van der Waals surface area contributed by atoms with E-state index in [0.717, 1.165) is 38.4 Å². The van der Waals surface area contributed by atoms with Crippen LogP contribution < -0.4 is 5.32 Å². The first-order chi connectivity index (χ1) is 10.9. The maximum absolute atomic E-state index is 12.3. The zero-order valence-corrected chi connectivity index (χ0v) is 15.0. The van der Waals surface area contributed by atoms with Gasteiger partial charge in [-0.1, -0.05) is 0 Å². The molecule has 3 heterocycles. The lowest BCUT2D eigenvalue weighted by Crippen LogP contribution is -2.43. The molecule has 0 bridgehead atoms. The van der Waals surface area contributed by atoms with Crippen LogP contribution >= 0.6 is 0 Å². The highest BCUT2D eigenvalue weighted by molar-refractivity contribution is 5.68. The molecule has 3 atom stereocenters. The summed E-state index contributed by atoms with van der Waals surface area (Å²) in [5.41, 5.74) is -0.405. The van der Waals surface area contributed by atoms with Crippen molar-refractivity contribution in [2.24, 2.45) is 0 Å². The second-order valence-electron chi connectivity index (χ2n) is 8.35. The van der Waals surface area contributed by atoms with Crippen LogP contribution in [0.3, 0.4) is 0 Å². The number of nitrogens with one attached hydrogen (secondary N) is 1. The van der Waals surface area contributed by atoms with E-state index in [2.05, 4.69) is 10.2 Å². The first-order valence-corrected chi connectivity index (χ1v) is 9.41. The molecule has 5 nitrogen and oxygen atoms in total. The fourth-order valence-corrected chi connectivity index (χ4v) is 4.45. The van der Waals surface area contributed by atoms with Gasteiger partial charge in [-0.25, -0.2) is 4.79 Å². The highest BCUT2D eigenvalue weighted by Crippen LogP contribution is 2.28. The number of ether oxygens (including phenoxy) is 1. The summed E-state index contributed by atoms with van der Waals surface area (Å²) in [6, 6.07) is 1.77. The van der Waals surface area contributed by atoms with Gasteiger partial charge in [0.1, 0.15) is 5.60 Å². The van der Waals surface area contributed by atoms with E-state index in [1.807, 2.05) is 25.7 Å². The van der Waals surface area contributed by atoms with Gasteiger partial charge in [0.15, 0.2) is 0 Å². The van der Waals surface area contributed by atoms with E-state index in [1.165, 1.54) is 32.4 Å². The molecular formula is C18H33N3O2. The Balaban J connectivity index is 1.43. The van der Waals surface area contributed by atoms with E-state index >= 15 is 0 Å². The average Bonchev–Trinajstić information content (AvgIpc) is 3.13. The lowest BCUT2D eigenvalue weighted by Gasteiger charge is -2.29. The van der Waals surface area contributed by atoms with Crippen LogP contribution in [0.15, 0.2) is 0 Å². The van der Waals surface area contributed by atoms with Crippen molar-refractivity contribution < 1.29 is 9.53 Å². The fourth-order valence-electron chi connectivity index (χ4n) is 4.45. The summed E-state index contributed by atoms with van der Waals surface area (Å²) in [5.74, 6) is 0. The van der Waals surface area contributed by atoms with E-state index < -0.39 is 5.60 Å². The SMILES string of the molecule is CC(C)(C)OC(=O)N1CCCC1CCNC1CCN2CCCC12. The van der Waals surface area contributed by atoms with E-state index in [9.17, 15) is 4.79 Å². The van der Waals surface area contributed by atoms with Crippen LogP contribution in [-0.2, 0) is 4.74 Å². The highest BCUT2D eigenvalue weighted by Gasteiger charge is 2.37. The molecule has 0 aromatic carbocycles. The Morgan fingerprint density at radius 1 is 1.13 bits per heavy atom. The Labute approximate surface area is 140 Å². The zero-order chi connectivity index (χ0) is 16.4. The molecule has 0 saturated carbocycles. The number of amides is 1. The molecular weight excluding hydrogens is 290 g/mol. The number of likely N-dealkylation sites (tertiary alicyclic amines) is 1. The lowest BCUT2D eigenvalue weighted by atomic mass is 10.1. The second kappa shape index (κ2) is 6.98. The maximum atomic E-state index is 12.3. The summed E-state index contributed by atoms with van der Waals surface area (Å²) < 4.78 is 5.55. The van der Waals surface area contributed by atoms with Gasteiger partial charge >= 0.3 is 6.09 Å². The standard InChI is InChI=1S/C18H33N3O2/c1-18(2,3)23-17(22)21-12-4-6-14(21)8-10-19-15-9-13-20-11-5-7-16(15)20/h14-16,19H,4-13H2,1-3H3. The van der Waals surface area contributed by atoms with Crippen LogP contribution in [0.25, 0.3) is 0 Å². The van der Waals surface area contributed by atoms with E-state index in [0.29, 0.717) is 12.1 Å². The quantitative estimate of drug-likeness (QED) is 0.864. The molecule has 0 radical (unpaired) electrons. The number of rotatable bonds is 4. The zero-order valence-electron chi connectivity index (χ0n) is 15.0. The fraction of sp³-hybridized carbons (Fsp3) is 0.944. The number of hydrogen-bond acceptors (Lipinski definition) is 4. The minimum absolute atomic E-state index is 0.136. The molecule has 0 spiro atoms. The number of hydrogen-bond donors (Lipinski definition) is 1. The second-order valence-corrected chi connectivity index (χ2v) is 8.35. The molecule has 3 aliphatic rings. The van der Waals surface area contributed by atoms with Crippen LogP contribution in [0.5, 0.6) is 0 Å². The van der Waals surface area contributed by atoms with Crippen molar-refractivity contribution in [2.75, 3.05) is 26.2 Å². The molecule has 3 fully saturated rings. The number of carbonyl (C=O) groups excluding carboxylic acids is 1. The van der Waals surface area contributed by atoms with Gasteiger partial charge in [-0.2, -0.15) is 0 Å². The van der Waals surface area contributed by atoms with Crippen LogP contribution in [-0.4, -0.2) is 65.8 Å². The highest BCUT2D eigenvalue weighted by atomic mass is 16.6. The maximum Gasteiger partial charge on any atom is 0.410 e. The summed E-state index contributed by atoms with van der Waals surface area (Å²) in [5, 5.41) is 3.77. The van der Waals surface area contributed by atoms with Gasteiger partial charge in [0, 0.05) is 31.2 Å². The Kier molecular flexibility index (Phi) is 5.16. The molecule has 3 unspecified atom stereocenters. The van der Waals surface area contributed by atoms with Crippen molar-refractivity contribution >= 4 is 6.09 Å². The molecule has 23 heavy (non-hydrogen) atoms. The molecule has 1 amide bonds. The molecule has 3 rings (SSSR count). The average molecular weight is 323 g/mol. The monoisotopic (exact) mass is 323 g/mol. The minimum Gasteiger partial charge on any atom is -0.444 e. The van der Waals surface area contributed by atoms with Crippen molar-refractivity contribution in [1.29, 1.82) is 0 Å². The van der Waals surface area contributed by atoms with Gasteiger partial charge < -0.3 is 15.0 Å². The van der Waals surface area contributed by atoms with Crippen LogP contribution in [0.1, 0.15) is 59.3 Å². The van der Waals surface area contributed by atoms with E-state index in [-0.39, 0.29) is 6.09 Å². The Bertz CT molecular complexity index is 421. The van der Waals surface area contributed by atoms with Crippen LogP contribution in [0, 0.1) is 0 Å². The number of nitrogens with zero attached hydrogens (tertiary/aromatic N) is 2. The Morgan fingerprint density at radius 3 is 2.70 bits per heavy atom. The van der Waals surface area contributed by atoms with Crippen molar-refractivity contribution in [2.45, 2.75) is 83.0 Å². The number of carbonyl (C=O) groups is 1. The molecule has 132 valence electrons. The van der Waals surface area contributed by atoms with E-state index in [1.54, 1.807) is 0 Å². The third-order valence-corrected chi connectivity index (χ3v) is 5.50. The summed E-state index contributed by atoms with van der Waals surface area (Å²) in [4.78, 5) is 16.9. The first kappa shape index (κ1) is 17.0. The lowest BCUT2D eigenvalue weighted by molar-refractivity contribution is 0.0220. The Morgan fingerprint density at radius 2 is 1.91 bits per heavy atom. The smallest absolute Gasteiger partial charge is 0.410 e. The van der Waals surface area contributed by atoms with Gasteiger partial charge in [-0.3, -0.25) is 4.90 Å². The summed E-state index contributed by atoms with van der Waals surface area (Å²) in [6.45, 7) is 10.2. The van der Waals surface area contributed by atoms with Crippen molar-refractivity contribution in [3.05, 3.63) is 0 Å². The van der Waals surface area contributed by atoms with Crippen molar-refractivity contribution in [3.63, 3.8) is 0 Å². The van der Waals surface area contributed by atoms with Crippen LogP contribution in [0.2, 0.25) is 0 Å². The molecule has 0 aromatic rings. The molecule has 1 N–H and O–H groups in total.